The Kier molecular flexibility index (Phi) is 8.11. The summed E-state index contributed by atoms with van der Waals surface area (Å²) in [5.74, 6) is 1.62. The van der Waals surface area contributed by atoms with E-state index in [1.165, 1.54) is 0 Å². The highest BCUT2D eigenvalue weighted by molar-refractivity contribution is 5.97. The van der Waals surface area contributed by atoms with E-state index in [9.17, 15) is 4.79 Å². The number of fused-ring (bicyclic) bond motifs is 2. The molecule has 202 valence electrons. The molecule has 0 spiro atoms. The second-order valence-corrected chi connectivity index (χ2v) is 9.07. The Labute approximate surface area is 232 Å². The molecule has 0 saturated heterocycles. The Bertz CT molecular complexity index is 1700. The molecule has 0 atom stereocenters. The number of rotatable bonds is 11. The largest absolute Gasteiger partial charge is 0.494 e. The van der Waals surface area contributed by atoms with E-state index < -0.39 is 5.91 Å². The summed E-state index contributed by atoms with van der Waals surface area (Å²) in [5, 5.41) is 7.22. The lowest BCUT2D eigenvalue weighted by molar-refractivity contribution is 0.0929. The average Bonchev–Trinajstić information content (AvgIpc) is 3.40. The van der Waals surface area contributed by atoms with Crippen LogP contribution in [0.15, 0.2) is 101 Å². The van der Waals surface area contributed by atoms with Crippen molar-refractivity contribution < 1.29 is 23.4 Å². The van der Waals surface area contributed by atoms with Gasteiger partial charge in [0, 0.05) is 10.9 Å². The summed E-state index contributed by atoms with van der Waals surface area (Å²) >= 11 is 0. The van der Waals surface area contributed by atoms with Crippen LogP contribution in [0, 0.1) is 0 Å². The Morgan fingerprint density at radius 2 is 1.82 bits per heavy atom. The van der Waals surface area contributed by atoms with Crippen molar-refractivity contribution in [2.75, 3.05) is 13.7 Å². The molecule has 1 amide bonds. The van der Waals surface area contributed by atoms with Crippen molar-refractivity contribution >= 4 is 33.9 Å². The highest BCUT2D eigenvalue weighted by Gasteiger charge is 2.15. The number of carbonyl (C=O) groups is 1. The van der Waals surface area contributed by atoms with Gasteiger partial charge in [-0.05, 0) is 71.6 Å². The van der Waals surface area contributed by atoms with Crippen molar-refractivity contribution in [3.63, 3.8) is 0 Å². The van der Waals surface area contributed by atoms with Gasteiger partial charge in [0.05, 0.1) is 19.9 Å². The molecular formula is C33H30N2O5. The van der Waals surface area contributed by atoms with E-state index >= 15 is 0 Å². The standard InChI is InChI=1S/C33H30N2O5/c1-4-9-24-16-22(20-34-35-33(36)31-19-26-18-27(38-5-2)14-15-29(26)40-31)17-30(37-3)32(24)39-21-25-12-8-11-23-10-6-7-13-28(23)25/h4,6-8,10-20H,1,5,9,21H2,2-3H3,(H,35,36)/b34-20+. The smallest absolute Gasteiger partial charge is 0.307 e. The summed E-state index contributed by atoms with van der Waals surface area (Å²) in [6.07, 6.45) is 3.93. The van der Waals surface area contributed by atoms with Crippen LogP contribution in [-0.4, -0.2) is 25.8 Å². The monoisotopic (exact) mass is 534 g/mol. The first-order chi connectivity index (χ1) is 19.6. The van der Waals surface area contributed by atoms with E-state index in [2.05, 4.69) is 41.4 Å². The second kappa shape index (κ2) is 12.2. The maximum absolute atomic E-state index is 12.7. The zero-order chi connectivity index (χ0) is 27.9. The number of hydrazone groups is 1. The van der Waals surface area contributed by atoms with Gasteiger partial charge in [-0.25, -0.2) is 5.43 Å². The van der Waals surface area contributed by atoms with Crippen molar-refractivity contribution in [2.24, 2.45) is 5.10 Å². The number of furan rings is 1. The van der Waals surface area contributed by atoms with Crippen LogP contribution in [0.5, 0.6) is 17.2 Å². The fourth-order valence-electron chi connectivity index (χ4n) is 4.56. The zero-order valence-electron chi connectivity index (χ0n) is 22.5. The number of nitrogens with one attached hydrogen (secondary N) is 1. The highest BCUT2D eigenvalue weighted by Crippen LogP contribution is 2.34. The quantitative estimate of drug-likeness (QED) is 0.111. The van der Waals surface area contributed by atoms with Gasteiger partial charge in [-0.1, -0.05) is 48.5 Å². The van der Waals surface area contributed by atoms with Gasteiger partial charge in [-0.3, -0.25) is 4.79 Å². The summed E-state index contributed by atoms with van der Waals surface area (Å²) in [6.45, 7) is 6.75. The molecule has 1 aromatic heterocycles. The first-order valence-corrected chi connectivity index (χ1v) is 13.0. The van der Waals surface area contributed by atoms with Crippen LogP contribution in [0.2, 0.25) is 0 Å². The summed E-state index contributed by atoms with van der Waals surface area (Å²) < 4.78 is 23.2. The van der Waals surface area contributed by atoms with Crippen LogP contribution < -0.4 is 19.6 Å². The van der Waals surface area contributed by atoms with Crippen LogP contribution >= 0.6 is 0 Å². The molecular weight excluding hydrogens is 504 g/mol. The molecule has 7 nitrogen and oxygen atoms in total. The lowest BCUT2D eigenvalue weighted by Crippen LogP contribution is -2.16. The number of ether oxygens (including phenoxy) is 3. The van der Waals surface area contributed by atoms with Crippen LogP contribution in [0.3, 0.4) is 0 Å². The minimum Gasteiger partial charge on any atom is -0.494 e. The molecule has 40 heavy (non-hydrogen) atoms. The van der Waals surface area contributed by atoms with Gasteiger partial charge in [-0.2, -0.15) is 5.10 Å². The molecule has 0 aliphatic rings. The van der Waals surface area contributed by atoms with Gasteiger partial charge in [0.25, 0.3) is 0 Å². The van der Waals surface area contributed by atoms with Crippen molar-refractivity contribution in [1.29, 1.82) is 0 Å². The molecule has 0 aliphatic heterocycles. The van der Waals surface area contributed by atoms with Crippen LogP contribution in [-0.2, 0) is 13.0 Å². The molecule has 0 aliphatic carbocycles. The van der Waals surface area contributed by atoms with E-state index in [-0.39, 0.29) is 5.76 Å². The number of carbonyl (C=O) groups excluding carboxylic acids is 1. The summed E-state index contributed by atoms with van der Waals surface area (Å²) in [6, 6.07) is 25.2. The zero-order valence-corrected chi connectivity index (χ0v) is 22.5. The van der Waals surface area contributed by atoms with Crippen molar-refractivity contribution in [3.8, 4) is 17.2 Å². The summed E-state index contributed by atoms with van der Waals surface area (Å²) in [4.78, 5) is 12.7. The Hall–Kier alpha value is -5.04. The van der Waals surface area contributed by atoms with E-state index in [0.29, 0.717) is 36.7 Å². The lowest BCUT2D eigenvalue weighted by atomic mass is 10.0. The molecule has 0 radical (unpaired) electrons. The third-order valence-corrected chi connectivity index (χ3v) is 6.39. The highest BCUT2D eigenvalue weighted by atomic mass is 16.5. The number of hydrogen-bond acceptors (Lipinski definition) is 6. The Balaban J connectivity index is 1.32. The minimum atomic E-state index is -0.460. The Morgan fingerprint density at radius 1 is 0.975 bits per heavy atom. The van der Waals surface area contributed by atoms with E-state index in [1.54, 1.807) is 37.6 Å². The molecule has 0 bridgehead atoms. The number of methoxy groups -OCH3 is 1. The van der Waals surface area contributed by atoms with Crippen molar-refractivity contribution in [1.82, 2.24) is 5.43 Å². The predicted octanol–water partition coefficient (Wildman–Crippen LogP) is 7.06. The number of benzene rings is 4. The number of nitrogens with zero attached hydrogens (tertiary/aromatic N) is 1. The minimum absolute atomic E-state index is 0.155. The fourth-order valence-corrected chi connectivity index (χ4v) is 4.56. The van der Waals surface area contributed by atoms with E-state index in [4.69, 9.17) is 18.6 Å². The number of allylic oxidation sites excluding steroid dienone is 1. The van der Waals surface area contributed by atoms with Gasteiger partial charge in [0.1, 0.15) is 17.9 Å². The maximum Gasteiger partial charge on any atom is 0.307 e. The number of amides is 1. The molecule has 1 N–H and O–H groups in total. The maximum atomic E-state index is 12.7. The van der Waals surface area contributed by atoms with Crippen LogP contribution in [0.25, 0.3) is 21.7 Å². The molecule has 4 aromatic carbocycles. The molecule has 5 rings (SSSR count). The molecule has 7 heteroatoms. The first kappa shape index (κ1) is 26.6. The third-order valence-electron chi connectivity index (χ3n) is 6.39. The topological polar surface area (TPSA) is 82.3 Å². The molecule has 1 heterocycles. The molecule has 0 fully saturated rings. The average molecular weight is 535 g/mol. The Morgan fingerprint density at radius 3 is 2.65 bits per heavy atom. The SMILES string of the molecule is C=CCc1cc(/C=N/NC(=O)c2cc3cc(OCC)ccc3o2)cc(OC)c1OCc1cccc2ccccc12. The van der Waals surface area contributed by atoms with Gasteiger partial charge >= 0.3 is 5.91 Å². The van der Waals surface area contributed by atoms with Crippen molar-refractivity contribution in [3.05, 3.63) is 114 Å². The molecule has 5 aromatic rings. The normalized spacial score (nSPS) is 11.2. The summed E-state index contributed by atoms with van der Waals surface area (Å²) in [5.41, 5.74) is 5.83. The van der Waals surface area contributed by atoms with Crippen LogP contribution in [0.4, 0.5) is 0 Å². The second-order valence-electron chi connectivity index (χ2n) is 9.07. The van der Waals surface area contributed by atoms with Crippen LogP contribution in [0.1, 0.15) is 34.2 Å². The van der Waals surface area contributed by atoms with Gasteiger partial charge in [0.2, 0.25) is 0 Å². The van der Waals surface area contributed by atoms with Crippen molar-refractivity contribution in [2.45, 2.75) is 20.0 Å². The summed E-state index contributed by atoms with van der Waals surface area (Å²) in [7, 11) is 1.60. The number of hydrogen-bond donors (Lipinski definition) is 1. The van der Waals surface area contributed by atoms with E-state index in [1.807, 2.05) is 43.3 Å². The van der Waals surface area contributed by atoms with Gasteiger partial charge < -0.3 is 18.6 Å². The molecule has 0 unspecified atom stereocenters. The molecule has 0 saturated carbocycles. The van der Waals surface area contributed by atoms with Gasteiger partial charge in [-0.15, -0.1) is 6.58 Å². The van der Waals surface area contributed by atoms with Gasteiger partial charge in [0.15, 0.2) is 17.3 Å². The van der Waals surface area contributed by atoms with E-state index in [0.717, 1.165) is 38.6 Å². The third kappa shape index (κ3) is 5.83. The lowest BCUT2D eigenvalue weighted by Gasteiger charge is -2.16. The fraction of sp³-hybridized carbons (Fsp3) is 0.152. The first-order valence-electron chi connectivity index (χ1n) is 13.0. The predicted molar refractivity (Wildman–Crippen MR) is 158 cm³/mol.